The molecular formula is C25H36Br2Si2. The molecule has 0 saturated heterocycles. The molecule has 29 heavy (non-hydrogen) atoms. The molecule has 0 aromatic heterocycles. The van der Waals surface area contributed by atoms with E-state index in [9.17, 15) is 0 Å². The Kier molecular flexibility index (Phi) is 9.76. The Morgan fingerprint density at radius 3 is 1.66 bits per heavy atom. The van der Waals surface area contributed by atoms with Crippen molar-refractivity contribution in [3.05, 3.63) is 45.4 Å². The first-order valence-corrected chi connectivity index (χ1v) is 17.8. The summed E-state index contributed by atoms with van der Waals surface area (Å²) in [7, 11) is -3.44. The van der Waals surface area contributed by atoms with Crippen molar-refractivity contribution in [3.63, 3.8) is 0 Å². The van der Waals surface area contributed by atoms with Crippen LogP contribution < -0.4 is 0 Å². The number of hydrogen-bond acceptors (Lipinski definition) is 0. The molecule has 1 rings (SSSR count). The molecule has 1 aromatic carbocycles. The van der Waals surface area contributed by atoms with E-state index in [4.69, 9.17) is 0 Å². The standard InChI is InChI=1S/C25H36Br2Si2/c1-20(2)29(21(3)4,22(5)6)18-16-25(19-24(26)27,15-17-28(7,8)9)23-13-11-10-12-14-23/h10-14,19-22H,1-9H3/t25-/m0/s1. The second-order valence-electron chi connectivity index (χ2n) is 9.76. The fourth-order valence-corrected chi connectivity index (χ4v) is 10.7. The summed E-state index contributed by atoms with van der Waals surface area (Å²) in [6, 6.07) is 10.5. The van der Waals surface area contributed by atoms with E-state index in [1.165, 1.54) is 0 Å². The van der Waals surface area contributed by atoms with Gasteiger partial charge in [-0.25, -0.2) is 0 Å². The Hall–Kier alpha value is -0.526. The van der Waals surface area contributed by atoms with E-state index in [2.05, 4.69) is 152 Å². The molecule has 0 nitrogen and oxygen atoms in total. The summed E-state index contributed by atoms with van der Waals surface area (Å²) in [6.07, 6.45) is 2.13. The molecule has 0 spiro atoms. The summed E-state index contributed by atoms with van der Waals surface area (Å²) in [5.41, 5.74) is 9.81. The summed E-state index contributed by atoms with van der Waals surface area (Å²) in [6.45, 7) is 21.0. The number of halogens is 2. The summed E-state index contributed by atoms with van der Waals surface area (Å²) in [5.74, 6) is 7.40. The van der Waals surface area contributed by atoms with Crippen LogP contribution in [0.2, 0.25) is 36.3 Å². The van der Waals surface area contributed by atoms with Crippen LogP contribution in [0.5, 0.6) is 0 Å². The molecule has 0 bridgehead atoms. The minimum Gasteiger partial charge on any atom is -0.130 e. The molecule has 0 unspecified atom stereocenters. The predicted octanol–water partition coefficient (Wildman–Crippen LogP) is 8.66. The van der Waals surface area contributed by atoms with Crippen molar-refractivity contribution in [1.82, 2.24) is 0 Å². The average Bonchev–Trinajstić information content (AvgIpc) is 2.58. The van der Waals surface area contributed by atoms with E-state index in [0.717, 1.165) is 8.96 Å². The second-order valence-corrected chi connectivity index (χ2v) is 22.9. The Labute approximate surface area is 198 Å². The second kappa shape index (κ2) is 10.7. The van der Waals surface area contributed by atoms with Gasteiger partial charge in [0, 0.05) is 0 Å². The van der Waals surface area contributed by atoms with E-state index in [-0.39, 0.29) is 0 Å². The zero-order chi connectivity index (χ0) is 22.5. The van der Waals surface area contributed by atoms with Crippen LogP contribution in [0.15, 0.2) is 39.8 Å². The van der Waals surface area contributed by atoms with Gasteiger partial charge in [-0.2, -0.15) is 0 Å². The van der Waals surface area contributed by atoms with Gasteiger partial charge in [-0.3, -0.25) is 0 Å². The van der Waals surface area contributed by atoms with Gasteiger partial charge in [0.1, 0.15) is 21.6 Å². The fraction of sp³-hybridized carbons (Fsp3) is 0.520. The molecule has 1 atom stereocenters. The van der Waals surface area contributed by atoms with Crippen LogP contribution in [0.25, 0.3) is 0 Å². The number of hydrogen-bond donors (Lipinski definition) is 0. The zero-order valence-electron chi connectivity index (χ0n) is 19.5. The van der Waals surface area contributed by atoms with Gasteiger partial charge in [-0.1, -0.05) is 103 Å². The van der Waals surface area contributed by atoms with E-state index < -0.39 is 21.6 Å². The smallest absolute Gasteiger partial charge is 0.130 e. The minimum atomic E-state index is -1.87. The lowest BCUT2D eigenvalue weighted by atomic mass is 9.82. The van der Waals surface area contributed by atoms with Crippen molar-refractivity contribution in [3.8, 4) is 22.9 Å². The van der Waals surface area contributed by atoms with Crippen molar-refractivity contribution in [1.29, 1.82) is 0 Å². The molecule has 0 aliphatic heterocycles. The molecule has 158 valence electrons. The lowest BCUT2D eigenvalue weighted by molar-refractivity contribution is 0.836. The highest BCUT2D eigenvalue weighted by Gasteiger charge is 2.42. The molecule has 0 amide bonds. The van der Waals surface area contributed by atoms with Crippen LogP contribution in [-0.2, 0) is 5.41 Å². The lowest BCUT2D eigenvalue weighted by Gasteiger charge is -2.38. The maximum absolute atomic E-state index is 3.93. The topological polar surface area (TPSA) is 0 Å². The Morgan fingerprint density at radius 1 is 0.828 bits per heavy atom. The van der Waals surface area contributed by atoms with E-state index in [1.54, 1.807) is 0 Å². The van der Waals surface area contributed by atoms with Crippen molar-refractivity contribution >= 4 is 48.0 Å². The first-order valence-electron chi connectivity index (χ1n) is 10.4. The molecule has 0 heterocycles. The molecule has 0 aliphatic rings. The highest BCUT2D eigenvalue weighted by Crippen LogP contribution is 2.41. The van der Waals surface area contributed by atoms with E-state index in [0.29, 0.717) is 16.6 Å². The lowest BCUT2D eigenvalue weighted by Crippen LogP contribution is -2.43. The van der Waals surface area contributed by atoms with Crippen LogP contribution in [0.3, 0.4) is 0 Å². The minimum absolute atomic E-state index is 0.588. The van der Waals surface area contributed by atoms with Crippen LogP contribution in [-0.4, -0.2) is 16.1 Å². The summed E-state index contributed by atoms with van der Waals surface area (Å²) in [5, 5.41) is 0. The SMILES string of the molecule is CC(C)[Si](C#C[C@@](C#C[Si](C)(C)C)(C=C(Br)Br)c1ccccc1)(C(C)C)C(C)C. The van der Waals surface area contributed by atoms with Gasteiger partial charge >= 0.3 is 0 Å². The van der Waals surface area contributed by atoms with Gasteiger partial charge in [-0.15, -0.1) is 11.1 Å². The molecule has 0 saturated carbocycles. The van der Waals surface area contributed by atoms with Gasteiger partial charge in [0.15, 0.2) is 0 Å². The number of benzene rings is 1. The normalized spacial score (nSPS) is 14.0. The van der Waals surface area contributed by atoms with Crippen molar-refractivity contribution < 1.29 is 0 Å². The molecule has 4 heteroatoms. The maximum atomic E-state index is 3.93. The largest absolute Gasteiger partial charge is 0.146 e. The van der Waals surface area contributed by atoms with E-state index in [1.807, 2.05) is 0 Å². The van der Waals surface area contributed by atoms with Gasteiger partial charge in [0.2, 0.25) is 0 Å². The first kappa shape index (κ1) is 26.5. The van der Waals surface area contributed by atoms with Gasteiger partial charge in [0.25, 0.3) is 0 Å². The molecule has 0 N–H and O–H groups in total. The Bertz CT molecular complexity index is 799. The third-order valence-corrected chi connectivity index (χ3v) is 13.2. The molecular weight excluding hydrogens is 516 g/mol. The molecule has 1 aromatic rings. The monoisotopic (exact) mass is 550 g/mol. The maximum Gasteiger partial charge on any atom is 0.146 e. The number of rotatable bonds is 5. The van der Waals surface area contributed by atoms with Crippen LogP contribution in [0, 0.1) is 22.9 Å². The summed E-state index contributed by atoms with van der Waals surface area (Å²) >= 11 is 7.20. The molecule has 0 aliphatic carbocycles. The fourth-order valence-electron chi connectivity index (χ4n) is 4.12. The predicted molar refractivity (Wildman–Crippen MR) is 144 cm³/mol. The van der Waals surface area contributed by atoms with Crippen LogP contribution in [0.4, 0.5) is 0 Å². The van der Waals surface area contributed by atoms with Gasteiger partial charge < -0.3 is 0 Å². The van der Waals surface area contributed by atoms with Crippen molar-refractivity contribution in [2.45, 2.75) is 83.2 Å². The third-order valence-electron chi connectivity index (χ3n) is 5.53. The summed E-state index contributed by atoms with van der Waals surface area (Å²) < 4.78 is 0.888. The average molecular weight is 553 g/mol. The van der Waals surface area contributed by atoms with E-state index >= 15 is 0 Å². The quantitative estimate of drug-likeness (QED) is 0.253. The van der Waals surface area contributed by atoms with Gasteiger partial charge in [0.05, 0.1) is 3.39 Å². The van der Waals surface area contributed by atoms with Gasteiger partial charge in [-0.05, 0) is 60.1 Å². The van der Waals surface area contributed by atoms with Crippen LogP contribution in [0.1, 0.15) is 47.1 Å². The highest BCUT2D eigenvalue weighted by molar-refractivity contribution is 9.28. The van der Waals surface area contributed by atoms with Crippen molar-refractivity contribution in [2.75, 3.05) is 0 Å². The Balaban J connectivity index is 3.94. The molecule has 0 fully saturated rings. The Morgan fingerprint density at radius 2 is 1.28 bits per heavy atom. The van der Waals surface area contributed by atoms with Crippen LogP contribution >= 0.6 is 31.9 Å². The summed E-state index contributed by atoms with van der Waals surface area (Å²) in [4.78, 5) is 0. The number of allylic oxidation sites excluding steroid dienone is 1. The molecule has 0 radical (unpaired) electrons. The zero-order valence-corrected chi connectivity index (χ0v) is 24.6. The highest BCUT2D eigenvalue weighted by atomic mass is 79.9. The third kappa shape index (κ3) is 7.00. The first-order chi connectivity index (χ1) is 13.3. The van der Waals surface area contributed by atoms with Crippen molar-refractivity contribution in [2.24, 2.45) is 0 Å².